The summed E-state index contributed by atoms with van der Waals surface area (Å²) in [5.74, 6) is 6.23. The number of rotatable bonds is 0. The van der Waals surface area contributed by atoms with Crippen LogP contribution in [0.15, 0.2) is 47.4 Å². The fourth-order valence-electron chi connectivity index (χ4n) is 3.63. The van der Waals surface area contributed by atoms with Crippen molar-refractivity contribution in [2.75, 3.05) is 13.2 Å². The van der Waals surface area contributed by atoms with Crippen molar-refractivity contribution >= 4 is 10.9 Å². The van der Waals surface area contributed by atoms with Crippen LogP contribution >= 0.6 is 0 Å². The van der Waals surface area contributed by atoms with Crippen molar-refractivity contribution < 1.29 is 9.47 Å². The Morgan fingerprint density at radius 1 is 1.11 bits per heavy atom. The zero-order valence-electron chi connectivity index (χ0n) is 14.6. The summed E-state index contributed by atoms with van der Waals surface area (Å²) in [7, 11) is 0. The Bertz CT molecular complexity index is 1140. The van der Waals surface area contributed by atoms with Crippen molar-refractivity contribution in [2.45, 2.75) is 25.2 Å². The third kappa shape index (κ3) is 2.91. The number of aromatic nitrogens is 3. The van der Waals surface area contributed by atoms with Crippen molar-refractivity contribution in [3.05, 3.63) is 70.0 Å². The fraction of sp³-hybridized carbons (Fsp3) is 0.286. The number of hydrogen-bond donors (Lipinski definition) is 0. The number of aryl methyl sites for hydroxylation is 1. The maximum Gasteiger partial charge on any atom is 0.261 e. The Morgan fingerprint density at radius 3 is 2.81 bits per heavy atom. The average Bonchev–Trinajstić information content (AvgIpc) is 3.16. The van der Waals surface area contributed by atoms with Gasteiger partial charge in [-0.15, -0.1) is 0 Å². The predicted octanol–water partition coefficient (Wildman–Crippen LogP) is 1.88. The first-order valence-electron chi connectivity index (χ1n) is 8.97. The van der Waals surface area contributed by atoms with Gasteiger partial charge >= 0.3 is 0 Å². The number of fused-ring (bicyclic) bond motifs is 2. The van der Waals surface area contributed by atoms with Crippen molar-refractivity contribution in [1.82, 2.24) is 14.5 Å². The topological polar surface area (TPSA) is 66.2 Å². The molecule has 1 aromatic carbocycles. The molecule has 1 spiro atoms. The minimum absolute atomic E-state index is 0.0580. The van der Waals surface area contributed by atoms with E-state index in [-0.39, 0.29) is 5.56 Å². The Balaban J connectivity index is 1.54. The van der Waals surface area contributed by atoms with Crippen LogP contribution in [0.2, 0.25) is 0 Å². The van der Waals surface area contributed by atoms with Crippen LogP contribution in [0.5, 0.6) is 0 Å². The molecule has 4 heterocycles. The first-order valence-corrected chi connectivity index (χ1v) is 8.97. The lowest BCUT2D eigenvalue weighted by Gasteiger charge is -2.33. The summed E-state index contributed by atoms with van der Waals surface area (Å²) in [4.78, 5) is 21.9. The summed E-state index contributed by atoms with van der Waals surface area (Å²) >= 11 is 0. The molecule has 3 aromatic rings. The largest absolute Gasteiger partial charge is 0.346 e. The number of pyridine rings is 1. The standard InChI is InChI=1S/C21H17N3O3/c25-20-17-7-5-15(4-6-16-3-1-2-10-22-16)13-18(17)23-19-8-9-21(14-24(19)20)26-11-12-27-21/h1-3,5,7,10,13H,8-9,11-12,14H2. The first-order chi connectivity index (χ1) is 13.2. The van der Waals surface area contributed by atoms with Crippen LogP contribution in [0.3, 0.4) is 0 Å². The van der Waals surface area contributed by atoms with E-state index in [0.717, 1.165) is 11.4 Å². The van der Waals surface area contributed by atoms with Crippen molar-refractivity contribution in [3.63, 3.8) is 0 Å². The van der Waals surface area contributed by atoms with Crippen molar-refractivity contribution in [1.29, 1.82) is 0 Å². The molecular formula is C21H17N3O3. The van der Waals surface area contributed by atoms with E-state index in [1.807, 2.05) is 30.3 Å². The minimum Gasteiger partial charge on any atom is -0.346 e. The molecular weight excluding hydrogens is 342 g/mol. The van der Waals surface area contributed by atoms with Crippen molar-refractivity contribution in [2.24, 2.45) is 0 Å². The SMILES string of the molecule is O=c1c2ccc(C#Cc3ccccn3)cc2nc2n1CC1(CC2)OCCO1. The summed E-state index contributed by atoms with van der Waals surface area (Å²) in [6.45, 7) is 1.54. The molecule has 1 fully saturated rings. The van der Waals surface area contributed by atoms with Gasteiger partial charge < -0.3 is 9.47 Å². The molecule has 27 heavy (non-hydrogen) atoms. The van der Waals surface area contributed by atoms with Crippen LogP contribution in [0.4, 0.5) is 0 Å². The van der Waals surface area contributed by atoms with E-state index in [1.54, 1.807) is 16.8 Å². The van der Waals surface area contributed by atoms with E-state index in [9.17, 15) is 4.79 Å². The zero-order valence-corrected chi connectivity index (χ0v) is 14.6. The molecule has 0 atom stereocenters. The molecule has 0 bridgehead atoms. The molecule has 2 aliphatic heterocycles. The van der Waals surface area contributed by atoms with Crippen LogP contribution in [0, 0.1) is 11.8 Å². The lowest BCUT2D eigenvalue weighted by Crippen LogP contribution is -2.45. The van der Waals surface area contributed by atoms with Gasteiger partial charge in [-0.25, -0.2) is 9.97 Å². The van der Waals surface area contributed by atoms with E-state index >= 15 is 0 Å². The molecule has 0 radical (unpaired) electrons. The van der Waals surface area contributed by atoms with Gasteiger partial charge in [-0.1, -0.05) is 12.0 Å². The minimum atomic E-state index is -0.666. The maximum atomic E-state index is 13.0. The highest BCUT2D eigenvalue weighted by Gasteiger charge is 2.41. The quantitative estimate of drug-likeness (QED) is 0.574. The molecule has 0 saturated carbocycles. The average molecular weight is 359 g/mol. The molecule has 2 aromatic heterocycles. The second-order valence-corrected chi connectivity index (χ2v) is 6.72. The van der Waals surface area contributed by atoms with E-state index < -0.39 is 5.79 Å². The molecule has 0 N–H and O–H groups in total. The van der Waals surface area contributed by atoms with Crippen molar-refractivity contribution in [3.8, 4) is 11.8 Å². The summed E-state index contributed by atoms with van der Waals surface area (Å²) in [6.07, 6.45) is 3.07. The molecule has 1 saturated heterocycles. The Kier molecular flexibility index (Phi) is 3.78. The second kappa shape index (κ2) is 6.31. The maximum absolute atomic E-state index is 13.0. The highest BCUT2D eigenvalue weighted by atomic mass is 16.7. The zero-order chi connectivity index (χ0) is 18.3. The van der Waals surface area contributed by atoms with Crippen LogP contribution in [-0.2, 0) is 22.4 Å². The van der Waals surface area contributed by atoms with Gasteiger partial charge in [0.15, 0.2) is 5.79 Å². The number of hydrogen-bond acceptors (Lipinski definition) is 5. The lowest BCUT2D eigenvalue weighted by atomic mass is 10.0. The van der Waals surface area contributed by atoms with Gasteiger partial charge in [-0.3, -0.25) is 9.36 Å². The highest BCUT2D eigenvalue weighted by molar-refractivity contribution is 5.79. The summed E-state index contributed by atoms with van der Waals surface area (Å²) < 4.78 is 13.2. The predicted molar refractivity (Wildman–Crippen MR) is 99.2 cm³/mol. The van der Waals surface area contributed by atoms with Gasteiger partial charge in [-0.05, 0) is 36.3 Å². The van der Waals surface area contributed by atoms with Crippen LogP contribution in [0.25, 0.3) is 10.9 Å². The summed E-state index contributed by atoms with van der Waals surface area (Å²) in [6, 6.07) is 11.1. The van der Waals surface area contributed by atoms with Crippen LogP contribution in [0.1, 0.15) is 23.5 Å². The lowest BCUT2D eigenvalue weighted by molar-refractivity contribution is -0.178. The highest BCUT2D eigenvalue weighted by Crippen LogP contribution is 2.30. The van der Waals surface area contributed by atoms with E-state index in [1.165, 1.54) is 0 Å². The van der Waals surface area contributed by atoms with Gasteiger partial charge in [0.1, 0.15) is 11.5 Å². The molecule has 0 amide bonds. The first kappa shape index (κ1) is 16.2. The van der Waals surface area contributed by atoms with E-state index in [4.69, 9.17) is 14.5 Å². The van der Waals surface area contributed by atoms with Gasteiger partial charge in [0.2, 0.25) is 0 Å². The normalized spacial score (nSPS) is 17.5. The Labute approximate surface area is 155 Å². The molecule has 5 rings (SSSR count). The van der Waals surface area contributed by atoms with E-state index in [0.29, 0.717) is 49.2 Å². The van der Waals surface area contributed by atoms with Gasteiger partial charge in [-0.2, -0.15) is 0 Å². The number of benzene rings is 1. The number of nitrogens with zero attached hydrogens (tertiary/aromatic N) is 3. The van der Waals surface area contributed by atoms with Gasteiger partial charge in [0.25, 0.3) is 5.56 Å². The van der Waals surface area contributed by atoms with Crippen LogP contribution in [-0.4, -0.2) is 33.5 Å². The molecule has 2 aliphatic rings. The Hall–Kier alpha value is -3.01. The molecule has 0 unspecified atom stereocenters. The third-order valence-corrected chi connectivity index (χ3v) is 4.98. The van der Waals surface area contributed by atoms with Gasteiger partial charge in [0, 0.05) is 24.6 Å². The smallest absolute Gasteiger partial charge is 0.261 e. The summed E-state index contributed by atoms with van der Waals surface area (Å²) in [5.41, 5.74) is 2.12. The molecule has 6 heteroatoms. The molecule has 0 aliphatic carbocycles. The van der Waals surface area contributed by atoms with Crippen LogP contribution < -0.4 is 5.56 Å². The molecule has 6 nitrogen and oxygen atoms in total. The second-order valence-electron chi connectivity index (χ2n) is 6.72. The van der Waals surface area contributed by atoms with E-state index in [2.05, 4.69) is 16.8 Å². The monoisotopic (exact) mass is 359 g/mol. The third-order valence-electron chi connectivity index (χ3n) is 4.98. The van der Waals surface area contributed by atoms with Gasteiger partial charge in [0.05, 0.1) is 30.7 Å². The summed E-state index contributed by atoms with van der Waals surface area (Å²) in [5, 5.41) is 0.581. The fourth-order valence-corrected chi connectivity index (χ4v) is 3.63. The molecule has 134 valence electrons. The number of ether oxygens (including phenoxy) is 2. The Morgan fingerprint density at radius 2 is 2.00 bits per heavy atom.